The van der Waals surface area contributed by atoms with E-state index in [9.17, 15) is 4.79 Å². The minimum absolute atomic E-state index is 0.0808. The van der Waals surface area contributed by atoms with Crippen LogP contribution >= 0.6 is 11.6 Å². The molecule has 0 bridgehead atoms. The first-order chi connectivity index (χ1) is 8.61. The number of carbonyl (C=O) groups excluding carboxylic acids is 1. The molecule has 1 aliphatic heterocycles. The molecular formula is C14H19ClN2O. The number of ketones is 1. The van der Waals surface area contributed by atoms with E-state index in [1.54, 1.807) is 24.3 Å². The van der Waals surface area contributed by atoms with Crippen LogP contribution in [0.4, 0.5) is 0 Å². The van der Waals surface area contributed by atoms with Gasteiger partial charge in [0.2, 0.25) is 0 Å². The molecular weight excluding hydrogens is 248 g/mol. The molecule has 0 spiro atoms. The molecule has 2 N–H and O–H groups in total. The van der Waals surface area contributed by atoms with Crippen LogP contribution < -0.4 is 5.73 Å². The minimum Gasteiger partial charge on any atom is -0.330 e. The van der Waals surface area contributed by atoms with Gasteiger partial charge in [-0.1, -0.05) is 11.6 Å². The van der Waals surface area contributed by atoms with Crippen molar-refractivity contribution in [1.82, 2.24) is 4.90 Å². The fraction of sp³-hybridized carbons (Fsp3) is 0.500. The normalized spacial score (nSPS) is 22.1. The van der Waals surface area contributed by atoms with E-state index < -0.39 is 0 Å². The van der Waals surface area contributed by atoms with Crippen molar-refractivity contribution in [3.63, 3.8) is 0 Å². The number of hydrogen-bond donors (Lipinski definition) is 1. The van der Waals surface area contributed by atoms with Gasteiger partial charge in [0.1, 0.15) is 0 Å². The van der Waals surface area contributed by atoms with Crippen LogP contribution in [-0.4, -0.2) is 36.4 Å². The van der Waals surface area contributed by atoms with Gasteiger partial charge in [-0.05, 0) is 56.6 Å². The molecule has 2 rings (SSSR count). The summed E-state index contributed by atoms with van der Waals surface area (Å²) in [4.78, 5) is 14.5. The summed E-state index contributed by atoms with van der Waals surface area (Å²) in [6.45, 7) is 4.56. The Kier molecular flexibility index (Phi) is 4.38. The Morgan fingerprint density at radius 3 is 2.72 bits per heavy atom. The highest BCUT2D eigenvalue weighted by atomic mass is 35.5. The van der Waals surface area contributed by atoms with Crippen molar-refractivity contribution < 1.29 is 4.79 Å². The van der Waals surface area contributed by atoms with Crippen LogP contribution in [0.5, 0.6) is 0 Å². The van der Waals surface area contributed by atoms with Crippen molar-refractivity contribution in [3.8, 4) is 0 Å². The Labute approximate surface area is 113 Å². The second kappa shape index (κ2) is 5.83. The Morgan fingerprint density at radius 2 is 2.17 bits per heavy atom. The number of nitrogens with zero attached hydrogens (tertiary/aromatic N) is 1. The van der Waals surface area contributed by atoms with E-state index >= 15 is 0 Å². The van der Waals surface area contributed by atoms with Crippen molar-refractivity contribution in [2.45, 2.75) is 19.4 Å². The minimum atomic E-state index is -0.0808. The number of hydrogen-bond acceptors (Lipinski definition) is 3. The molecule has 98 valence electrons. The van der Waals surface area contributed by atoms with Gasteiger partial charge in [0.05, 0.1) is 6.04 Å². The third-order valence-electron chi connectivity index (χ3n) is 3.71. The Hall–Kier alpha value is -0.900. The van der Waals surface area contributed by atoms with Crippen molar-refractivity contribution >= 4 is 17.4 Å². The zero-order valence-corrected chi connectivity index (χ0v) is 11.4. The second-order valence-electron chi connectivity index (χ2n) is 4.93. The summed E-state index contributed by atoms with van der Waals surface area (Å²) >= 11 is 5.83. The van der Waals surface area contributed by atoms with Crippen LogP contribution in [0.15, 0.2) is 24.3 Å². The van der Waals surface area contributed by atoms with Gasteiger partial charge in [0.15, 0.2) is 5.78 Å². The fourth-order valence-corrected chi connectivity index (χ4v) is 2.55. The lowest BCUT2D eigenvalue weighted by Crippen LogP contribution is -2.37. The monoisotopic (exact) mass is 266 g/mol. The summed E-state index contributed by atoms with van der Waals surface area (Å²) in [6, 6.07) is 7.01. The molecule has 0 radical (unpaired) electrons. The lowest BCUT2D eigenvalue weighted by atomic mass is 10.0. The number of nitrogens with two attached hydrogens (primary N) is 1. The van der Waals surface area contributed by atoms with Gasteiger partial charge in [-0.3, -0.25) is 9.69 Å². The predicted molar refractivity (Wildman–Crippen MR) is 74.0 cm³/mol. The first-order valence-corrected chi connectivity index (χ1v) is 6.73. The van der Waals surface area contributed by atoms with Gasteiger partial charge < -0.3 is 5.73 Å². The maximum absolute atomic E-state index is 12.3. The van der Waals surface area contributed by atoms with Gasteiger partial charge in [-0.25, -0.2) is 0 Å². The van der Waals surface area contributed by atoms with Crippen LogP contribution in [0.1, 0.15) is 23.7 Å². The Balaban J connectivity index is 2.03. The van der Waals surface area contributed by atoms with E-state index in [-0.39, 0.29) is 11.8 Å². The molecule has 0 aromatic heterocycles. The Morgan fingerprint density at radius 1 is 1.50 bits per heavy atom. The molecule has 1 aliphatic rings. The van der Waals surface area contributed by atoms with E-state index in [1.165, 1.54) is 0 Å². The number of halogens is 1. The summed E-state index contributed by atoms with van der Waals surface area (Å²) in [5.74, 6) is 0.690. The zero-order chi connectivity index (χ0) is 13.1. The molecule has 1 aromatic carbocycles. The van der Waals surface area contributed by atoms with Crippen molar-refractivity contribution in [2.75, 3.05) is 19.6 Å². The van der Waals surface area contributed by atoms with Gasteiger partial charge in [0.25, 0.3) is 0 Å². The largest absolute Gasteiger partial charge is 0.330 e. The molecule has 1 fully saturated rings. The third-order valence-corrected chi connectivity index (χ3v) is 3.96. The fourth-order valence-electron chi connectivity index (χ4n) is 2.43. The highest BCUT2D eigenvalue weighted by Gasteiger charge is 2.29. The van der Waals surface area contributed by atoms with Crippen molar-refractivity contribution in [1.29, 1.82) is 0 Å². The van der Waals surface area contributed by atoms with Gasteiger partial charge in [-0.15, -0.1) is 0 Å². The van der Waals surface area contributed by atoms with Crippen LogP contribution in [0.3, 0.4) is 0 Å². The molecule has 0 amide bonds. The average Bonchev–Trinajstić information content (AvgIpc) is 2.86. The summed E-state index contributed by atoms with van der Waals surface area (Å²) in [6.07, 6.45) is 1.09. The van der Waals surface area contributed by atoms with Crippen LogP contribution in [0.25, 0.3) is 0 Å². The van der Waals surface area contributed by atoms with Gasteiger partial charge >= 0.3 is 0 Å². The third kappa shape index (κ3) is 2.91. The maximum atomic E-state index is 12.3. The molecule has 1 aromatic rings. The molecule has 0 aliphatic carbocycles. The van der Waals surface area contributed by atoms with Crippen LogP contribution in [-0.2, 0) is 0 Å². The number of rotatable bonds is 4. The lowest BCUT2D eigenvalue weighted by molar-refractivity contribution is 0.0863. The summed E-state index contributed by atoms with van der Waals surface area (Å²) < 4.78 is 0. The highest BCUT2D eigenvalue weighted by molar-refractivity contribution is 6.30. The smallest absolute Gasteiger partial charge is 0.179 e. The molecule has 1 saturated heterocycles. The first-order valence-electron chi connectivity index (χ1n) is 6.35. The van der Waals surface area contributed by atoms with Crippen molar-refractivity contribution in [2.24, 2.45) is 11.7 Å². The number of Topliss-reactive ketones (excluding diaryl/α,β-unsaturated/α-hetero) is 1. The number of carbonyl (C=O) groups is 1. The van der Waals surface area contributed by atoms with Crippen LogP contribution in [0.2, 0.25) is 5.02 Å². The van der Waals surface area contributed by atoms with E-state index in [2.05, 4.69) is 4.90 Å². The second-order valence-corrected chi connectivity index (χ2v) is 5.37. The van der Waals surface area contributed by atoms with Crippen molar-refractivity contribution in [3.05, 3.63) is 34.9 Å². The number of benzene rings is 1. The van der Waals surface area contributed by atoms with Crippen LogP contribution in [0, 0.1) is 5.92 Å². The maximum Gasteiger partial charge on any atom is 0.179 e. The van der Waals surface area contributed by atoms with E-state index in [4.69, 9.17) is 17.3 Å². The standard InChI is InChI=1S/C14H19ClN2O/c1-10(17-7-6-11(8-16)9-17)14(18)12-2-4-13(15)5-3-12/h2-5,10-11H,6-9,16H2,1H3. The topological polar surface area (TPSA) is 46.3 Å². The molecule has 4 heteroatoms. The SMILES string of the molecule is CC(C(=O)c1ccc(Cl)cc1)N1CCC(CN)C1. The Bertz CT molecular complexity index is 418. The van der Waals surface area contributed by atoms with E-state index in [0.717, 1.165) is 25.1 Å². The first kappa shape index (κ1) is 13.5. The van der Waals surface area contributed by atoms with E-state index in [0.29, 0.717) is 17.5 Å². The average molecular weight is 267 g/mol. The molecule has 0 saturated carbocycles. The summed E-state index contributed by atoms with van der Waals surface area (Å²) in [5, 5.41) is 0.656. The summed E-state index contributed by atoms with van der Waals surface area (Å²) in [5.41, 5.74) is 6.40. The quantitative estimate of drug-likeness (QED) is 0.850. The molecule has 2 atom stereocenters. The zero-order valence-electron chi connectivity index (χ0n) is 10.6. The molecule has 2 unspecified atom stereocenters. The van der Waals surface area contributed by atoms with Gasteiger partial charge in [0, 0.05) is 17.1 Å². The van der Waals surface area contributed by atoms with E-state index in [1.807, 2.05) is 6.92 Å². The molecule has 18 heavy (non-hydrogen) atoms. The van der Waals surface area contributed by atoms with Gasteiger partial charge in [-0.2, -0.15) is 0 Å². The highest BCUT2D eigenvalue weighted by Crippen LogP contribution is 2.20. The number of likely N-dealkylation sites (tertiary alicyclic amines) is 1. The predicted octanol–water partition coefficient (Wildman–Crippen LogP) is 2.19. The molecule has 1 heterocycles. The lowest BCUT2D eigenvalue weighted by Gasteiger charge is -2.23. The molecule has 3 nitrogen and oxygen atoms in total. The summed E-state index contributed by atoms with van der Waals surface area (Å²) in [7, 11) is 0.